The number of halogens is 1. The van der Waals surface area contributed by atoms with E-state index in [9.17, 15) is 13.5 Å². The van der Waals surface area contributed by atoms with Crippen LogP contribution in [-0.2, 0) is 10.0 Å². The minimum Gasteiger partial charge on any atom is -0.491 e. The highest BCUT2D eigenvalue weighted by atomic mass is 35.5. The van der Waals surface area contributed by atoms with Crippen molar-refractivity contribution in [1.29, 1.82) is 0 Å². The van der Waals surface area contributed by atoms with Crippen LogP contribution in [0.5, 0.6) is 5.88 Å². The van der Waals surface area contributed by atoms with Crippen molar-refractivity contribution in [3.05, 3.63) is 53.6 Å². The molecule has 0 saturated carbocycles. The third kappa shape index (κ3) is 4.55. The first-order valence-corrected chi connectivity index (χ1v) is 9.82. The van der Waals surface area contributed by atoms with Crippen LogP contribution in [-0.4, -0.2) is 18.5 Å². The van der Waals surface area contributed by atoms with E-state index in [1.54, 1.807) is 24.3 Å². The van der Waals surface area contributed by atoms with E-state index in [1.807, 2.05) is 0 Å². The van der Waals surface area contributed by atoms with Gasteiger partial charge in [-0.1, -0.05) is 22.9 Å². The molecule has 0 saturated heterocycles. The Morgan fingerprint density at radius 3 is 2.35 bits per heavy atom. The molecular formula is C15H12ClN5O3S2. The number of aromatic hydroxyl groups is 1. The Balaban J connectivity index is 1.74. The second-order valence-corrected chi connectivity index (χ2v) is 7.99. The van der Waals surface area contributed by atoms with Gasteiger partial charge in [-0.25, -0.2) is 13.6 Å². The van der Waals surface area contributed by atoms with Crippen molar-refractivity contribution in [3.8, 4) is 5.88 Å². The molecule has 134 valence electrons. The smallest absolute Gasteiger partial charge is 0.252 e. The molecule has 0 aliphatic heterocycles. The van der Waals surface area contributed by atoms with Crippen molar-refractivity contribution in [2.75, 3.05) is 5.32 Å². The molecule has 0 fully saturated rings. The Bertz CT molecular complexity index is 1050. The topological polar surface area (TPSA) is 130 Å². The first-order valence-electron chi connectivity index (χ1n) is 7.08. The lowest BCUT2D eigenvalue weighted by molar-refractivity contribution is 0.459. The monoisotopic (exact) mass is 409 g/mol. The van der Waals surface area contributed by atoms with Crippen LogP contribution in [0, 0.1) is 0 Å². The molecule has 2 aromatic carbocycles. The molecule has 0 bridgehead atoms. The van der Waals surface area contributed by atoms with Gasteiger partial charge in [0.2, 0.25) is 15.0 Å². The molecule has 11 heteroatoms. The molecule has 1 heterocycles. The average molecular weight is 410 g/mol. The Hall–Kier alpha value is -2.53. The molecule has 0 unspecified atom stereocenters. The normalized spacial score (nSPS) is 11.8. The fraction of sp³-hybridized carbons (Fsp3) is 0. The number of hydrogen-bond acceptors (Lipinski definition) is 8. The van der Waals surface area contributed by atoms with E-state index in [2.05, 4.69) is 20.5 Å². The number of sulfonamides is 1. The highest BCUT2D eigenvalue weighted by molar-refractivity contribution is 7.89. The summed E-state index contributed by atoms with van der Waals surface area (Å²) in [4.78, 5) is 3.95. The molecule has 3 aromatic rings. The van der Waals surface area contributed by atoms with Crippen molar-refractivity contribution in [2.24, 2.45) is 15.4 Å². The fourth-order valence-electron chi connectivity index (χ4n) is 1.88. The summed E-state index contributed by atoms with van der Waals surface area (Å²) in [6.07, 6.45) is 0. The molecule has 0 spiro atoms. The predicted octanol–water partition coefficient (Wildman–Crippen LogP) is 4.31. The van der Waals surface area contributed by atoms with E-state index in [0.29, 0.717) is 21.5 Å². The highest BCUT2D eigenvalue weighted by Crippen LogP contribution is 2.38. The van der Waals surface area contributed by atoms with Crippen LogP contribution >= 0.6 is 22.9 Å². The first-order chi connectivity index (χ1) is 12.3. The Morgan fingerprint density at radius 2 is 1.73 bits per heavy atom. The fourth-order valence-corrected chi connectivity index (χ4v) is 3.23. The third-order valence-corrected chi connectivity index (χ3v) is 5.13. The van der Waals surface area contributed by atoms with Gasteiger partial charge in [0.1, 0.15) is 0 Å². The van der Waals surface area contributed by atoms with E-state index in [-0.39, 0.29) is 15.8 Å². The van der Waals surface area contributed by atoms with Gasteiger partial charge < -0.3 is 10.4 Å². The summed E-state index contributed by atoms with van der Waals surface area (Å²) >= 11 is 6.89. The zero-order valence-electron chi connectivity index (χ0n) is 13.0. The number of rotatable bonds is 5. The van der Waals surface area contributed by atoms with E-state index >= 15 is 0 Å². The summed E-state index contributed by atoms with van der Waals surface area (Å²) in [5.74, 6) is -0.267. The average Bonchev–Trinajstić information content (AvgIpc) is 2.93. The van der Waals surface area contributed by atoms with Gasteiger partial charge in [-0.15, -0.1) is 10.2 Å². The maximum atomic E-state index is 11.2. The van der Waals surface area contributed by atoms with Crippen LogP contribution < -0.4 is 10.5 Å². The zero-order chi connectivity index (χ0) is 18.7. The Kier molecular flexibility index (Phi) is 5.18. The quantitative estimate of drug-likeness (QED) is 0.540. The maximum absolute atomic E-state index is 11.2. The summed E-state index contributed by atoms with van der Waals surface area (Å²) in [5, 5.41) is 27.0. The predicted molar refractivity (Wildman–Crippen MR) is 101 cm³/mol. The molecule has 8 nitrogen and oxygen atoms in total. The first kappa shape index (κ1) is 18.3. The van der Waals surface area contributed by atoms with Crippen molar-refractivity contribution in [3.63, 3.8) is 0 Å². The van der Waals surface area contributed by atoms with Gasteiger partial charge in [0.15, 0.2) is 5.13 Å². The van der Waals surface area contributed by atoms with Crippen LogP contribution in [0.15, 0.2) is 63.7 Å². The lowest BCUT2D eigenvalue weighted by Gasteiger charge is -2.03. The molecular weight excluding hydrogens is 398 g/mol. The summed E-state index contributed by atoms with van der Waals surface area (Å²) in [6, 6.07) is 12.5. The van der Waals surface area contributed by atoms with Crippen LogP contribution in [0.1, 0.15) is 0 Å². The van der Waals surface area contributed by atoms with Crippen molar-refractivity contribution < 1.29 is 13.5 Å². The van der Waals surface area contributed by atoms with E-state index in [1.165, 1.54) is 24.3 Å². The minimum absolute atomic E-state index is 0.00231. The number of nitrogens with two attached hydrogens (primary N) is 1. The minimum atomic E-state index is -3.75. The van der Waals surface area contributed by atoms with Gasteiger partial charge in [-0.05, 0) is 48.5 Å². The molecule has 0 aliphatic carbocycles. The molecule has 26 heavy (non-hydrogen) atoms. The van der Waals surface area contributed by atoms with Gasteiger partial charge in [0, 0.05) is 10.7 Å². The molecule has 4 N–H and O–H groups in total. The number of anilines is 2. The lowest BCUT2D eigenvalue weighted by atomic mass is 10.3. The summed E-state index contributed by atoms with van der Waals surface area (Å²) in [6.45, 7) is 0. The number of hydrogen-bond donors (Lipinski definition) is 3. The van der Waals surface area contributed by atoms with Crippen LogP contribution in [0.25, 0.3) is 0 Å². The summed E-state index contributed by atoms with van der Waals surface area (Å²) in [5.41, 5.74) is 1.16. The van der Waals surface area contributed by atoms with E-state index < -0.39 is 10.0 Å². The standard InChI is InChI=1S/C15H12ClN5O3S2/c16-9-1-3-11(4-2-9)20-21-14-13(22)19-15(25-14)18-10-5-7-12(8-6-10)26(17,23)24/h1-8,22H,(H,18,19)(H2,17,23,24). The van der Waals surface area contributed by atoms with Gasteiger partial charge in [0.05, 0.1) is 10.6 Å². The molecule has 0 amide bonds. The maximum Gasteiger partial charge on any atom is 0.252 e. The summed E-state index contributed by atoms with van der Waals surface area (Å²) in [7, 11) is -3.75. The van der Waals surface area contributed by atoms with E-state index in [4.69, 9.17) is 16.7 Å². The van der Waals surface area contributed by atoms with Gasteiger partial charge in [-0.2, -0.15) is 4.98 Å². The second-order valence-electron chi connectivity index (χ2n) is 5.02. The number of thiazole rings is 1. The van der Waals surface area contributed by atoms with Crippen LogP contribution in [0.4, 0.5) is 21.5 Å². The number of benzene rings is 2. The number of primary sulfonamides is 1. The van der Waals surface area contributed by atoms with Crippen LogP contribution in [0.3, 0.4) is 0 Å². The molecule has 3 rings (SSSR count). The number of aromatic nitrogens is 1. The number of nitrogens with zero attached hydrogens (tertiary/aromatic N) is 3. The molecule has 0 atom stereocenters. The van der Waals surface area contributed by atoms with Crippen molar-refractivity contribution >= 4 is 54.5 Å². The molecule has 1 aromatic heterocycles. The van der Waals surface area contributed by atoms with Crippen molar-refractivity contribution in [2.45, 2.75) is 4.90 Å². The highest BCUT2D eigenvalue weighted by Gasteiger charge is 2.11. The molecule has 0 aliphatic rings. The van der Waals surface area contributed by atoms with Crippen molar-refractivity contribution in [1.82, 2.24) is 4.98 Å². The third-order valence-electron chi connectivity index (χ3n) is 3.11. The second kappa shape index (κ2) is 7.38. The number of azo groups is 1. The SMILES string of the molecule is NS(=O)(=O)c1ccc(Nc2nc(O)c(N=Nc3ccc(Cl)cc3)s2)cc1. The van der Waals surface area contributed by atoms with Gasteiger partial charge in [-0.3, -0.25) is 0 Å². The Labute approximate surface area is 158 Å². The van der Waals surface area contributed by atoms with E-state index in [0.717, 1.165) is 11.3 Å². The lowest BCUT2D eigenvalue weighted by Crippen LogP contribution is -2.11. The zero-order valence-corrected chi connectivity index (χ0v) is 15.4. The van der Waals surface area contributed by atoms with Gasteiger partial charge >= 0.3 is 0 Å². The largest absolute Gasteiger partial charge is 0.491 e. The Morgan fingerprint density at radius 1 is 1.08 bits per heavy atom. The molecule has 0 radical (unpaired) electrons. The summed E-state index contributed by atoms with van der Waals surface area (Å²) < 4.78 is 22.5. The van der Waals surface area contributed by atoms with Gasteiger partial charge in [0.25, 0.3) is 5.88 Å². The number of nitrogens with one attached hydrogen (secondary N) is 1. The van der Waals surface area contributed by atoms with Crippen LogP contribution in [0.2, 0.25) is 5.02 Å².